The molecule has 1 heterocycles. The van der Waals surface area contributed by atoms with Gasteiger partial charge in [0.05, 0.1) is 22.6 Å². The number of nitrogens with one attached hydrogen (secondary N) is 1. The summed E-state index contributed by atoms with van der Waals surface area (Å²) in [5, 5.41) is 2.85. The Kier molecular flexibility index (Phi) is 6.32. The van der Waals surface area contributed by atoms with Gasteiger partial charge >= 0.3 is 0 Å². The molecular formula is C24H22N4O3S. The Labute approximate surface area is 187 Å². The highest BCUT2D eigenvalue weighted by Crippen LogP contribution is 2.23. The van der Waals surface area contributed by atoms with Crippen LogP contribution in [0.1, 0.15) is 5.56 Å². The fraction of sp³-hybridized carbons (Fsp3) is 0.0833. The number of imidazole rings is 1. The summed E-state index contributed by atoms with van der Waals surface area (Å²) in [6.45, 7) is -0.0876. The van der Waals surface area contributed by atoms with Crippen molar-refractivity contribution >= 4 is 21.6 Å². The number of carbonyl (C=O) groups is 1. The minimum absolute atomic E-state index is 0.127. The van der Waals surface area contributed by atoms with Crippen molar-refractivity contribution in [3.05, 3.63) is 109 Å². The van der Waals surface area contributed by atoms with E-state index in [1.54, 1.807) is 61.1 Å². The molecule has 32 heavy (non-hydrogen) atoms. The van der Waals surface area contributed by atoms with Crippen LogP contribution in [0.3, 0.4) is 0 Å². The first-order chi connectivity index (χ1) is 15.6. The van der Waals surface area contributed by atoms with Crippen LogP contribution in [0.5, 0.6) is 0 Å². The van der Waals surface area contributed by atoms with Crippen LogP contribution in [0.15, 0.2) is 109 Å². The molecule has 0 radical (unpaired) electrons. The number of amides is 1. The summed E-state index contributed by atoms with van der Waals surface area (Å²) in [6, 6.07) is 24.3. The molecule has 4 aromatic rings. The largest absolute Gasteiger partial charge is 0.350 e. The van der Waals surface area contributed by atoms with Crippen LogP contribution >= 0.6 is 0 Å². The number of benzene rings is 3. The first-order valence-electron chi connectivity index (χ1n) is 10.0. The number of hydrogen-bond acceptors (Lipinski definition) is 4. The molecule has 0 aliphatic rings. The van der Waals surface area contributed by atoms with Gasteiger partial charge in [0, 0.05) is 18.9 Å². The number of carbonyl (C=O) groups excluding carboxylic acids is 1. The smallest absolute Gasteiger partial charge is 0.264 e. The fourth-order valence-electron chi connectivity index (χ4n) is 3.32. The van der Waals surface area contributed by atoms with Crippen molar-refractivity contribution < 1.29 is 13.2 Å². The lowest BCUT2D eigenvalue weighted by Crippen LogP contribution is -2.40. The number of sulfonamides is 1. The Morgan fingerprint density at radius 2 is 1.56 bits per heavy atom. The maximum Gasteiger partial charge on any atom is 0.264 e. The average Bonchev–Trinajstić information content (AvgIpc) is 3.37. The molecule has 0 aliphatic heterocycles. The molecule has 4 rings (SSSR count). The van der Waals surface area contributed by atoms with Crippen LogP contribution in [0.2, 0.25) is 0 Å². The SMILES string of the molecule is O=C(CN(c1ccccc1)S(=O)(=O)c1ccccc1)NCc1ccccc1-n1ccnc1. The van der Waals surface area contributed by atoms with Crippen LogP contribution in [0.4, 0.5) is 5.69 Å². The van der Waals surface area contributed by atoms with Crippen LogP contribution in [-0.4, -0.2) is 30.4 Å². The Morgan fingerprint density at radius 3 is 2.25 bits per heavy atom. The van der Waals surface area contributed by atoms with Gasteiger partial charge in [-0.2, -0.15) is 0 Å². The summed E-state index contributed by atoms with van der Waals surface area (Å²) in [7, 11) is -3.92. The molecule has 0 atom stereocenters. The van der Waals surface area contributed by atoms with E-state index in [9.17, 15) is 13.2 Å². The fourth-order valence-corrected chi connectivity index (χ4v) is 4.76. The molecule has 0 bridgehead atoms. The van der Waals surface area contributed by atoms with Gasteiger partial charge in [-0.1, -0.05) is 54.6 Å². The van der Waals surface area contributed by atoms with Gasteiger partial charge in [-0.15, -0.1) is 0 Å². The van der Waals surface area contributed by atoms with Crippen molar-refractivity contribution in [3.8, 4) is 5.69 Å². The third-order valence-corrected chi connectivity index (χ3v) is 6.70. The van der Waals surface area contributed by atoms with E-state index in [2.05, 4.69) is 10.3 Å². The number of hydrogen-bond donors (Lipinski definition) is 1. The van der Waals surface area contributed by atoms with Gasteiger partial charge in [0.1, 0.15) is 6.54 Å². The molecule has 0 fully saturated rings. The molecule has 0 spiro atoms. The second-order valence-electron chi connectivity index (χ2n) is 7.04. The predicted octanol–water partition coefficient (Wildman–Crippen LogP) is 3.38. The second kappa shape index (κ2) is 9.49. The Bertz CT molecular complexity index is 1280. The zero-order chi connectivity index (χ0) is 22.4. The molecule has 1 N–H and O–H groups in total. The Morgan fingerprint density at radius 1 is 0.906 bits per heavy atom. The highest BCUT2D eigenvalue weighted by Gasteiger charge is 2.26. The van der Waals surface area contributed by atoms with Crippen molar-refractivity contribution in [2.45, 2.75) is 11.4 Å². The topological polar surface area (TPSA) is 84.3 Å². The highest BCUT2D eigenvalue weighted by molar-refractivity contribution is 7.92. The normalized spacial score (nSPS) is 11.1. The van der Waals surface area contributed by atoms with Crippen molar-refractivity contribution in [3.63, 3.8) is 0 Å². The lowest BCUT2D eigenvalue weighted by Gasteiger charge is -2.24. The molecule has 1 aromatic heterocycles. The van der Waals surface area contributed by atoms with E-state index >= 15 is 0 Å². The molecule has 3 aromatic carbocycles. The monoisotopic (exact) mass is 446 g/mol. The van der Waals surface area contributed by atoms with Gasteiger partial charge in [-0.3, -0.25) is 9.10 Å². The maximum absolute atomic E-state index is 13.3. The van der Waals surface area contributed by atoms with Crippen molar-refractivity contribution in [2.24, 2.45) is 0 Å². The van der Waals surface area contributed by atoms with E-state index in [1.165, 1.54) is 12.1 Å². The summed E-state index contributed by atoms with van der Waals surface area (Å²) in [5.41, 5.74) is 2.20. The van der Waals surface area contributed by atoms with E-state index in [0.29, 0.717) is 5.69 Å². The summed E-state index contributed by atoms with van der Waals surface area (Å²) in [5.74, 6) is -0.409. The number of anilines is 1. The summed E-state index contributed by atoms with van der Waals surface area (Å²) >= 11 is 0. The lowest BCUT2D eigenvalue weighted by molar-refractivity contribution is -0.119. The van der Waals surface area contributed by atoms with Crippen molar-refractivity contribution in [2.75, 3.05) is 10.8 Å². The number of rotatable bonds is 8. The number of aromatic nitrogens is 2. The van der Waals surface area contributed by atoms with E-state index in [-0.39, 0.29) is 18.0 Å². The minimum Gasteiger partial charge on any atom is -0.350 e. The zero-order valence-corrected chi connectivity index (χ0v) is 18.0. The summed E-state index contributed by atoms with van der Waals surface area (Å²) in [4.78, 5) is 17.0. The predicted molar refractivity (Wildman–Crippen MR) is 123 cm³/mol. The zero-order valence-electron chi connectivity index (χ0n) is 17.2. The van der Waals surface area contributed by atoms with Gasteiger partial charge in [0.2, 0.25) is 5.91 Å². The summed E-state index contributed by atoms with van der Waals surface area (Å²) in [6.07, 6.45) is 5.19. The maximum atomic E-state index is 13.3. The third-order valence-electron chi connectivity index (χ3n) is 4.91. The van der Waals surface area contributed by atoms with Gasteiger partial charge < -0.3 is 9.88 Å². The Hall–Kier alpha value is -3.91. The molecule has 0 saturated carbocycles. The van der Waals surface area contributed by atoms with Crippen LogP contribution in [-0.2, 0) is 21.4 Å². The quantitative estimate of drug-likeness (QED) is 0.450. The molecule has 0 aliphatic carbocycles. The third kappa shape index (κ3) is 4.70. The molecule has 7 nitrogen and oxygen atoms in total. The van der Waals surface area contributed by atoms with Crippen molar-refractivity contribution in [1.29, 1.82) is 0 Å². The highest BCUT2D eigenvalue weighted by atomic mass is 32.2. The van der Waals surface area contributed by atoms with Crippen LogP contribution in [0.25, 0.3) is 5.69 Å². The standard InChI is InChI=1S/C24H22N4O3S/c29-24(26-17-20-9-7-8-14-23(20)27-16-15-25-19-27)18-28(21-10-3-1-4-11-21)32(30,31)22-12-5-2-6-13-22/h1-16,19H,17-18H2,(H,26,29). The second-order valence-corrected chi connectivity index (χ2v) is 8.90. The first kappa shape index (κ1) is 21.3. The van der Waals surface area contributed by atoms with Gasteiger partial charge in [0.25, 0.3) is 10.0 Å². The molecule has 162 valence electrons. The molecule has 0 unspecified atom stereocenters. The van der Waals surface area contributed by atoms with Gasteiger partial charge in [-0.25, -0.2) is 13.4 Å². The van der Waals surface area contributed by atoms with E-state index in [0.717, 1.165) is 15.6 Å². The minimum atomic E-state index is -3.92. The Balaban J connectivity index is 1.55. The van der Waals surface area contributed by atoms with Crippen LogP contribution < -0.4 is 9.62 Å². The van der Waals surface area contributed by atoms with Gasteiger partial charge in [-0.05, 0) is 35.9 Å². The van der Waals surface area contributed by atoms with Gasteiger partial charge in [0.15, 0.2) is 0 Å². The van der Waals surface area contributed by atoms with E-state index < -0.39 is 15.9 Å². The average molecular weight is 447 g/mol. The lowest BCUT2D eigenvalue weighted by atomic mass is 10.1. The number of para-hydroxylation sites is 2. The summed E-state index contributed by atoms with van der Waals surface area (Å²) < 4.78 is 29.6. The molecule has 0 saturated heterocycles. The van der Waals surface area contributed by atoms with E-state index in [4.69, 9.17) is 0 Å². The van der Waals surface area contributed by atoms with Crippen LogP contribution in [0, 0.1) is 0 Å². The molecule has 8 heteroatoms. The van der Waals surface area contributed by atoms with Crippen molar-refractivity contribution in [1.82, 2.24) is 14.9 Å². The number of nitrogens with zero attached hydrogens (tertiary/aromatic N) is 3. The molecule has 1 amide bonds. The first-order valence-corrected chi connectivity index (χ1v) is 11.5. The van der Waals surface area contributed by atoms with E-state index in [1.807, 2.05) is 35.0 Å². The molecular weight excluding hydrogens is 424 g/mol.